The van der Waals surface area contributed by atoms with Crippen molar-refractivity contribution < 1.29 is 9.59 Å². The van der Waals surface area contributed by atoms with Crippen molar-refractivity contribution in [2.45, 2.75) is 20.4 Å². The van der Waals surface area contributed by atoms with Crippen LogP contribution in [0.2, 0.25) is 0 Å². The molecule has 1 heterocycles. The summed E-state index contributed by atoms with van der Waals surface area (Å²) in [5, 5.41) is 2.91. The summed E-state index contributed by atoms with van der Waals surface area (Å²) in [5.74, 6) is -0.251. The van der Waals surface area contributed by atoms with Crippen LogP contribution in [0.5, 0.6) is 0 Å². The molecule has 3 aromatic rings. The van der Waals surface area contributed by atoms with Gasteiger partial charge in [0, 0.05) is 37.6 Å². The molecule has 0 fully saturated rings. The maximum Gasteiger partial charge on any atom is 0.274 e. The number of aromatic nitrogens is 2. The number of carbonyl (C=O) groups excluding carboxylic acids is 2. The second kappa shape index (κ2) is 8.67. The third-order valence-corrected chi connectivity index (χ3v) is 4.71. The number of imidazole rings is 1. The number of hydrogen-bond donors (Lipinski definition) is 2. The molecular formula is C21H22N4O2S. The molecule has 0 spiro atoms. The molecule has 0 aliphatic rings. The molecule has 6 nitrogen and oxygen atoms in total. The van der Waals surface area contributed by atoms with Crippen molar-refractivity contribution in [1.82, 2.24) is 14.5 Å². The number of benzene rings is 2. The van der Waals surface area contributed by atoms with E-state index >= 15 is 0 Å². The van der Waals surface area contributed by atoms with Crippen molar-refractivity contribution >= 4 is 29.7 Å². The highest BCUT2D eigenvalue weighted by molar-refractivity contribution is 7.71. The van der Waals surface area contributed by atoms with Crippen molar-refractivity contribution in [3.8, 4) is 5.69 Å². The van der Waals surface area contributed by atoms with Crippen LogP contribution in [0, 0.1) is 4.77 Å². The van der Waals surface area contributed by atoms with E-state index in [0.29, 0.717) is 29.2 Å². The summed E-state index contributed by atoms with van der Waals surface area (Å²) in [6, 6.07) is 17.0. The molecule has 7 heteroatoms. The third kappa shape index (κ3) is 4.37. The van der Waals surface area contributed by atoms with Crippen LogP contribution in [0.1, 0.15) is 29.9 Å². The Morgan fingerprint density at radius 3 is 2.57 bits per heavy atom. The second-order valence-corrected chi connectivity index (χ2v) is 6.72. The van der Waals surface area contributed by atoms with Gasteiger partial charge in [0.15, 0.2) is 4.77 Å². The van der Waals surface area contributed by atoms with Crippen LogP contribution in [-0.4, -0.2) is 32.8 Å². The highest BCUT2D eigenvalue weighted by Crippen LogP contribution is 2.17. The fraction of sp³-hybridized carbons (Fsp3) is 0.190. The van der Waals surface area contributed by atoms with E-state index in [1.54, 1.807) is 22.6 Å². The van der Waals surface area contributed by atoms with E-state index in [-0.39, 0.29) is 11.8 Å². The Kier molecular flexibility index (Phi) is 6.06. The monoisotopic (exact) mass is 394 g/mol. The average molecular weight is 395 g/mol. The van der Waals surface area contributed by atoms with Crippen molar-refractivity contribution in [3.05, 3.63) is 76.8 Å². The van der Waals surface area contributed by atoms with E-state index in [4.69, 9.17) is 12.2 Å². The van der Waals surface area contributed by atoms with Crippen LogP contribution in [0.4, 0.5) is 5.69 Å². The second-order valence-electron chi connectivity index (χ2n) is 6.34. The predicted molar refractivity (Wildman–Crippen MR) is 112 cm³/mol. The SMILES string of the molecule is CCN(Cc1cccc(NC(=O)c2c[nH]c(=S)n2-c2ccccc2)c1)C(C)=O. The van der Waals surface area contributed by atoms with E-state index in [1.807, 2.05) is 61.5 Å². The molecule has 0 aliphatic heterocycles. The third-order valence-electron chi connectivity index (χ3n) is 4.41. The first kappa shape index (κ1) is 19.6. The quantitative estimate of drug-likeness (QED) is 0.617. The zero-order chi connectivity index (χ0) is 20.1. The standard InChI is InChI=1S/C21H22N4O2S/c1-3-24(15(2)26)14-16-8-7-9-17(12-16)23-20(27)19-13-22-21(28)25(19)18-10-5-4-6-11-18/h4-13H,3,14H2,1-2H3,(H,22,28)(H,23,27). The number of amides is 2. The summed E-state index contributed by atoms with van der Waals surface area (Å²) in [6.45, 7) is 4.62. The molecule has 0 aliphatic carbocycles. The van der Waals surface area contributed by atoms with Gasteiger partial charge >= 0.3 is 0 Å². The van der Waals surface area contributed by atoms with Crippen LogP contribution in [0.25, 0.3) is 5.69 Å². The summed E-state index contributed by atoms with van der Waals surface area (Å²) >= 11 is 5.33. The first-order valence-electron chi connectivity index (χ1n) is 9.01. The molecule has 2 N–H and O–H groups in total. The molecule has 2 amide bonds. The molecule has 3 rings (SSSR count). The molecule has 0 radical (unpaired) electrons. The minimum absolute atomic E-state index is 0.0196. The molecule has 0 saturated carbocycles. The van der Waals surface area contributed by atoms with Gasteiger partial charge in [-0.05, 0) is 49.0 Å². The van der Waals surface area contributed by atoms with Crippen LogP contribution < -0.4 is 5.32 Å². The van der Waals surface area contributed by atoms with Crippen LogP contribution in [-0.2, 0) is 11.3 Å². The number of H-pyrrole nitrogens is 1. The number of para-hydroxylation sites is 1. The van der Waals surface area contributed by atoms with Crippen molar-refractivity contribution in [2.24, 2.45) is 0 Å². The van der Waals surface area contributed by atoms with Gasteiger partial charge in [-0.15, -0.1) is 0 Å². The summed E-state index contributed by atoms with van der Waals surface area (Å²) in [4.78, 5) is 29.2. The van der Waals surface area contributed by atoms with Crippen molar-refractivity contribution in [2.75, 3.05) is 11.9 Å². The molecule has 0 saturated heterocycles. The molecule has 28 heavy (non-hydrogen) atoms. The average Bonchev–Trinajstić information content (AvgIpc) is 3.08. The number of aromatic amines is 1. The number of rotatable bonds is 6. The number of carbonyl (C=O) groups is 2. The zero-order valence-electron chi connectivity index (χ0n) is 15.8. The minimum atomic E-state index is -0.271. The molecule has 144 valence electrons. The Balaban J connectivity index is 1.82. The Bertz CT molecular complexity index is 1040. The predicted octanol–water partition coefficient (Wildman–Crippen LogP) is 4.16. The van der Waals surface area contributed by atoms with Gasteiger partial charge in [0.05, 0.1) is 0 Å². The van der Waals surface area contributed by atoms with Crippen LogP contribution in [0.3, 0.4) is 0 Å². The normalized spacial score (nSPS) is 10.5. The topological polar surface area (TPSA) is 70.1 Å². The van der Waals surface area contributed by atoms with E-state index in [0.717, 1.165) is 11.3 Å². The number of anilines is 1. The minimum Gasteiger partial charge on any atom is -0.339 e. The lowest BCUT2D eigenvalue weighted by Gasteiger charge is -2.19. The number of nitrogens with zero attached hydrogens (tertiary/aromatic N) is 2. The van der Waals surface area contributed by atoms with Gasteiger partial charge in [-0.3, -0.25) is 14.2 Å². The van der Waals surface area contributed by atoms with Gasteiger partial charge in [-0.1, -0.05) is 30.3 Å². The lowest BCUT2D eigenvalue weighted by Crippen LogP contribution is -2.27. The summed E-state index contributed by atoms with van der Waals surface area (Å²) < 4.78 is 2.15. The van der Waals surface area contributed by atoms with E-state index in [9.17, 15) is 9.59 Å². The highest BCUT2D eigenvalue weighted by Gasteiger charge is 2.15. The first-order chi connectivity index (χ1) is 13.5. The van der Waals surface area contributed by atoms with Gasteiger partial charge in [0.2, 0.25) is 5.91 Å². The van der Waals surface area contributed by atoms with E-state index in [2.05, 4.69) is 10.3 Å². The first-order valence-corrected chi connectivity index (χ1v) is 9.42. The Hall–Kier alpha value is -3.19. The molecule has 1 aromatic heterocycles. The Morgan fingerprint density at radius 1 is 1.14 bits per heavy atom. The van der Waals surface area contributed by atoms with E-state index < -0.39 is 0 Å². The fourth-order valence-corrected chi connectivity index (χ4v) is 3.24. The largest absolute Gasteiger partial charge is 0.339 e. The summed E-state index contributed by atoms with van der Waals surface area (Å²) in [6.07, 6.45) is 1.60. The smallest absolute Gasteiger partial charge is 0.274 e. The zero-order valence-corrected chi connectivity index (χ0v) is 16.6. The Morgan fingerprint density at radius 2 is 1.89 bits per heavy atom. The van der Waals surface area contributed by atoms with Crippen LogP contribution in [0.15, 0.2) is 60.8 Å². The van der Waals surface area contributed by atoms with Crippen LogP contribution >= 0.6 is 12.2 Å². The maximum atomic E-state index is 12.9. The molecular weight excluding hydrogens is 372 g/mol. The number of hydrogen-bond acceptors (Lipinski definition) is 3. The molecule has 0 atom stereocenters. The van der Waals surface area contributed by atoms with E-state index in [1.165, 1.54) is 0 Å². The summed E-state index contributed by atoms with van der Waals surface area (Å²) in [7, 11) is 0. The molecule has 2 aromatic carbocycles. The van der Waals surface area contributed by atoms with Gasteiger partial charge in [0.25, 0.3) is 5.91 Å². The Labute approximate surface area is 168 Å². The highest BCUT2D eigenvalue weighted by atomic mass is 32.1. The van der Waals surface area contributed by atoms with Gasteiger partial charge in [0.1, 0.15) is 5.69 Å². The van der Waals surface area contributed by atoms with Gasteiger partial charge < -0.3 is 15.2 Å². The van der Waals surface area contributed by atoms with Gasteiger partial charge in [-0.2, -0.15) is 0 Å². The lowest BCUT2D eigenvalue weighted by molar-refractivity contribution is -0.129. The summed E-state index contributed by atoms with van der Waals surface area (Å²) in [5.41, 5.74) is 2.84. The molecule has 0 unspecified atom stereocenters. The fourth-order valence-electron chi connectivity index (χ4n) is 2.98. The van der Waals surface area contributed by atoms with Gasteiger partial charge in [-0.25, -0.2) is 0 Å². The molecule has 0 bridgehead atoms. The lowest BCUT2D eigenvalue weighted by atomic mass is 10.2. The van der Waals surface area contributed by atoms with Crippen molar-refractivity contribution in [3.63, 3.8) is 0 Å². The number of nitrogens with one attached hydrogen (secondary N) is 2. The maximum absolute atomic E-state index is 12.9. The van der Waals surface area contributed by atoms with Crippen molar-refractivity contribution in [1.29, 1.82) is 0 Å².